The quantitative estimate of drug-likeness (QED) is 0.800. The number of hydrogen-bond acceptors (Lipinski definition) is 5. The second-order valence-corrected chi connectivity index (χ2v) is 4.39. The maximum Gasteiger partial charge on any atom is 0.308 e. The third-order valence-corrected chi connectivity index (χ3v) is 2.53. The van der Waals surface area contributed by atoms with E-state index in [0.29, 0.717) is 6.92 Å². The third-order valence-electron chi connectivity index (χ3n) is 2.53. The van der Waals surface area contributed by atoms with Gasteiger partial charge < -0.3 is 9.47 Å². The van der Waals surface area contributed by atoms with Gasteiger partial charge in [-0.15, -0.1) is 0 Å². The summed E-state index contributed by atoms with van der Waals surface area (Å²) in [6, 6.07) is 0.990. The zero-order chi connectivity index (χ0) is 15.3. The number of carbonyl (C=O) groups is 1. The molecule has 1 heterocycles. The molecule has 0 aliphatic rings. The Morgan fingerprint density at radius 2 is 2.20 bits per heavy atom. The van der Waals surface area contributed by atoms with Crippen molar-refractivity contribution in [3.05, 3.63) is 27.7 Å². The van der Waals surface area contributed by atoms with Crippen LogP contribution in [0.1, 0.15) is 31.5 Å². The van der Waals surface area contributed by atoms with Gasteiger partial charge in [-0.2, -0.15) is 5.10 Å². The lowest BCUT2D eigenvalue weighted by Gasteiger charge is -2.13. The number of methoxy groups -OCH3 is 1. The topological polar surface area (TPSA) is 81.3 Å². The number of esters is 1. The Morgan fingerprint density at radius 1 is 1.55 bits per heavy atom. The highest BCUT2D eigenvalue weighted by Gasteiger charge is 2.28. The van der Waals surface area contributed by atoms with Gasteiger partial charge in [-0.3, -0.25) is 9.59 Å². The van der Waals surface area contributed by atoms with Crippen molar-refractivity contribution >= 4 is 5.97 Å². The first-order valence-corrected chi connectivity index (χ1v) is 5.89. The second-order valence-electron chi connectivity index (χ2n) is 4.39. The number of H-pyrrole nitrogens is 1. The Bertz CT molecular complexity index is 525. The van der Waals surface area contributed by atoms with Crippen LogP contribution in [0, 0.1) is 0 Å². The van der Waals surface area contributed by atoms with Crippen LogP contribution in [0.15, 0.2) is 10.9 Å². The van der Waals surface area contributed by atoms with E-state index in [1.54, 1.807) is 6.92 Å². The summed E-state index contributed by atoms with van der Waals surface area (Å²) in [4.78, 5) is 22.2. The number of nitrogens with one attached hydrogen (secondary N) is 1. The Kier molecular flexibility index (Phi) is 5.32. The van der Waals surface area contributed by atoms with Crippen LogP contribution in [-0.2, 0) is 26.8 Å². The predicted molar refractivity (Wildman–Crippen MR) is 65.3 cm³/mol. The molecule has 0 bridgehead atoms. The minimum Gasteiger partial charge on any atom is -0.469 e. The molecule has 0 aliphatic heterocycles. The molecule has 1 aromatic heterocycles. The molecule has 0 fully saturated rings. The van der Waals surface area contributed by atoms with Crippen molar-refractivity contribution in [2.75, 3.05) is 7.11 Å². The maximum absolute atomic E-state index is 13.2. The summed E-state index contributed by atoms with van der Waals surface area (Å²) in [5.74, 6) is -3.70. The Hall–Kier alpha value is -1.83. The summed E-state index contributed by atoms with van der Waals surface area (Å²) >= 11 is 0. The maximum atomic E-state index is 13.2. The number of carbonyl (C=O) groups excluding carboxylic acids is 1. The lowest BCUT2D eigenvalue weighted by atomic mass is 10.1. The molecule has 0 saturated carbocycles. The van der Waals surface area contributed by atoms with Gasteiger partial charge in [0.1, 0.15) is 0 Å². The molecule has 0 radical (unpaired) electrons. The van der Waals surface area contributed by atoms with Gasteiger partial charge in [-0.25, -0.2) is 13.9 Å². The van der Waals surface area contributed by atoms with E-state index in [9.17, 15) is 18.4 Å². The zero-order valence-electron chi connectivity index (χ0n) is 11.4. The summed E-state index contributed by atoms with van der Waals surface area (Å²) in [5, 5.41) is 5.61. The van der Waals surface area contributed by atoms with Crippen LogP contribution in [0.5, 0.6) is 0 Å². The van der Waals surface area contributed by atoms with Crippen molar-refractivity contribution in [2.24, 2.45) is 0 Å². The van der Waals surface area contributed by atoms with Crippen molar-refractivity contribution in [1.82, 2.24) is 10.2 Å². The standard InChI is InChI=1S/C12H16F2N2O4/c1-7(4-10(17)19-3)20-6-8-5-9(12(2,13)14)11(18)16-15-8/h5,7H,4,6H2,1-3H3,(H,16,18). The number of halogens is 2. The molecule has 1 atom stereocenters. The summed E-state index contributed by atoms with van der Waals surface area (Å²) < 4.78 is 36.1. The Morgan fingerprint density at radius 3 is 2.75 bits per heavy atom. The van der Waals surface area contributed by atoms with Gasteiger partial charge in [0.05, 0.1) is 37.5 Å². The lowest BCUT2D eigenvalue weighted by Crippen LogP contribution is -2.24. The van der Waals surface area contributed by atoms with Crippen molar-refractivity contribution in [3.8, 4) is 0 Å². The van der Waals surface area contributed by atoms with Crippen LogP contribution in [-0.4, -0.2) is 29.4 Å². The number of rotatable bonds is 6. The van der Waals surface area contributed by atoms with Gasteiger partial charge in [0.15, 0.2) is 0 Å². The fourth-order valence-corrected chi connectivity index (χ4v) is 1.45. The summed E-state index contributed by atoms with van der Waals surface area (Å²) in [7, 11) is 1.26. The predicted octanol–water partition coefficient (Wildman–Crippen LogP) is 1.35. The molecule has 0 aromatic carbocycles. The minimum atomic E-state index is -3.26. The molecule has 112 valence electrons. The van der Waals surface area contributed by atoms with Gasteiger partial charge in [-0.1, -0.05) is 0 Å². The number of ether oxygens (including phenoxy) is 2. The highest BCUT2D eigenvalue weighted by molar-refractivity contribution is 5.69. The van der Waals surface area contributed by atoms with Crippen LogP contribution in [0.4, 0.5) is 8.78 Å². The summed E-state index contributed by atoms with van der Waals surface area (Å²) in [6.07, 6.45) is -0.418. The SMILES string of the molecule is COC(=O)CC(C)OCc1cc(C(C)(F)F)c(=O)[nH]n1. The second kappa shape index (κ2) is 6.56. The van der Waals surface area contributed by atoms with E-state index in [1.165, 1.54) is 7.11 Å². The average molecular weight is 290 g/mol. The monoisotopic (exact) mass is 290 g/mol. The molecular weight excluding hydrogens is 274 g/mol. The molecule has 1 rings (SSSR count). The van der Waals surface area contributed by atoms with Crippen LogP contribution in [0.2, 0.25) is 0 Å². The largest absolute Gasteiger partial charge is 0.469 e. The van der Waals surface area contributed by atoms with E-state index in [-0.39, 0.29) is 18.7 Å². The van der Waals surface area contributed by atoms with E-state index < -0.39 is 29.1 Å². The van der Waals surface area contributed by atoms with Crippen LogP contribution >= 0.6 is 0 Å². The van der Waals surface area contributed by atoms with Crippen molar-refractivity contribution in [2.45, 2.75) is 38.9 Å². The first kappa shape index (κ1) is 16.2. The molecule has 1 aromatic rings. The number of aromatic nitrogens is 2. The number of nitrogens with zero attached hydrogens (tertiary/aromatic N) is 1. The van der Waals surface area contributed by atoms with E-state index in [0.717, 1.165) is 6.07 Å². The zero-order valence-corrected chi connectivity index (χ0v) is 11.4. The molecule has 1 N–H and O–H groups in total. The van der Waals surface area contributed by atoms with Gasteiger partial charge in [-0.05, 0) is 13.0 Å². The Labute approximate surface area is 114 Å². The third kappa shape index (κ3) is 4.69. The first-order chi connectivity index (χ1) is 9.24. The number of aromatic amines is 1. The smallest absolute Gasteiger partial charge is 0.308 e. The van der Waals surface area contributed by atoms with Gasteiger partial charge >= 0.3 is 5.97 Å². The molecule has 0 amide bonds. The minimum absolute atomic E-state index is 0.0383. The van der Waals surface area contributed by atoms with E-state index >= 15 is 0 Å². The summed E-state index contributed by atoms with van der Waals surface area (Å²) in [6.45, 7) is 2.16. The molecular formula is C12H16F2N2O4. The van der Waals surface area contributed by atoms with E-state index in [4.69, 9.17) is 4.74 Å². The summed E-state index contributed by atoms with van der Waals surface area (Å²) in [5.41, 5.74) is -1.46. The van der Waals surface area contributed by atoms with Crippen molar-refractivity contribution in [3.63, 3.8) is 0 Å². The molecule has 6 nitrogen and oxygen atoms in total. The molecule has 0 saturated heterocycles. The Balaban J connectivity index is 2.70. The van der Waals surface area contributed by atoms with Gasteiger partial charge in [0, 0.05) is 6.92 Å². The normalized spacial score (nSPS) is 13.1. The van der Waals surface area contributed by atoms with Gasteiger partial charge in [0.2, 0.25) is 0 Å². The van der Waals surface area contributed by atoms with Crippen molar-refractivity contribution < 1.29 is 23.0 Å². The van der Waals surface area contributed by atoms with Gasteiger partial charge in [0.25, 0.3) is 11.5 Å². The molecule has 0 spiro atoms. The highest BCUT2D eigenvalue weighted by Crippen LogP contribution is 2.23. The first-order valence-electron chi connectivity index (χ1n) is 5.89. The van der Waals surface area contributed by atoms with Crippen molar-refractivity contribution in [1.29, 1.82) is 0 Å². The van der Waals surface area contributed by atoms with Crippen LogP contribution in [0.25, 0.3) is 0 Å². The average Bonchev–Trinajstić information content (AvgIpc) is 2.36. The molecule has 1 unspecified atom stereocenters. The van der Waals surface area contributed by atoms with E-state index in [1.807, 2.05) is 5.10 Å². The number of hydrogen-bond donors (Lipinski definition) is 1. The number of alkyl halides is 2. The molecule has 0 aliphatic carbocycles. The van der Waals surface area contributed by atoms with Crippen LogP contribution < -0.4 is 5.56 Å². The highest BCUT2D eigenvalue weighted by atomic mass is 19.3. The van der Waals surface area contributed by atoms with E-state index in [2.05, 4.69) is 9.84 Å². The molecule has 20 heavy (non-hydrogen) atoms. The molecule has 8 heteroatoms. The lowest BCUT2D eigenvalue weighted by molar-refractivity contribution is -0.143. The fourth-order valence-electron chi connectivity index (χ4n) is 1.45. The van der Waals surface area contributed by atoms with Crippen LogP contribution in [0.3, 0.4) is 0 Å². The fraction of sp³-hybridized carbons (Fsp3) is 0.583.